The Morgan fingerprint density at radius 3 is 2.35 bits per heavy atom. The van der Waals surface area contributed by atoms with Gasteiger partial charge in [0.2, 0.25) is 0 Å². The predicted molar refractivity (Wildman–Crippen MR) is 93.6 cm³/mol. The Hall–Kier alpha value is -0.970. The van der Waals surface area contributed by atoms with Crippen molar-refractivity contribution in [2.24, 2.45) is 5.92 Å². The van der Waals surface area contributed by atoms with Crippen LogP contribution in [0.25, 0.3) is 0 Å². The van der Waals surface area contributed by atoms with E-state index in [1.807, 2.05) is 12.4 Å². The monoisotopic (exact) mass is 317 g/mol. The maximum atomic E-state index is 5.84. The Kier molecular flexibility index (Phi) is 6.03. The van der Waals surface area contributed by atoms with Crippen molar-refractivity contribution in [2.45, 2.75) is 45.3 Å². The summed E-state index contributed by atoms with van der Waals surface area (Å²) in [7, 11) is 0. The SMILES string of the molecule is C[C@@H]1CN(CC2CCN(CCc3ccncc3)CC2)C[C@H](C)O1. The normalized spacial score (nSPS) is 28.1. The molecule has 2 aliphatic rings. The molecule has 2 fully saturated rings. The van der Waals surface area contributed by atoms with Crippen molar-refractivity contribution in [1.29, 1.82) is 0 Å². The lowest BCUT2D eigenvalue weighted by Gasteiger charge is -2.39. The van der Waals surface area contributed by atoms with Crippen LogP contribution in [0.15, 0.2) is 24.5 Å². The first-order valence-corrected chi connectivity index (χ1v) is 9.18. The highest BCUT2D eigenvalue weighted by atomic mass is 16.5. The molecule has 23 heavy (non-hydrogen) atoms. The van der Waals surface area contributed by atoms with E-state index in [-0.39, 0.29) is 0 Å². The molecule has 0 aromatic carbocycles. The summed E-state index contributed by atoms with van der Waals surface area (Å²) in [6.07, 6.45) is 8.40. The van der Waals surface area contributed by atoms with Crippen LogP contribution in [0.2, 0.25) is 0 Å². The molecule has 0 N–H and O–H groups in total. The minimum absolute atomic E-state index is 0.388. The lowest BCUT2D eigenvalue weighted by atomic mass is 9.95. The number of hydrogen-bond acceptors (Lipinski definition) is 4. The number of morpholine rings is 1. The summed E-state index contributed by atoms with van der Waals surface area (Å²) in [5.74, 6) is 0.865. The first-order chi connectivity index (χ1) is 11.2. The minimum atomic E-state index is 0.388. The highest BCUT2D eigenvalue weighted by molar-refractivity contribution is 5.09. The fourth-order valence-corrected chi connectivity index (χ4v) is 4.03. The van der Waals surface area contributed by atoms with Crippen LogP contribution in [0.4, 0.5) is 0 Å². The molecule has 2 aliphatic heterocycles. The van der Waals surface area contributed by atoms with E-state index in [1.165, 1.54) is 44.6 Å². The molecule has 0 aliphatic carbocycles. The molecule has 4 heteroatoms. The second-order valence-electron chi connectivity index (χ2n) is 7.37. The van der Waals surface area contributed by atoms with Gasteiger partial charge in [-0.1, -0.05) is 0 Å². The summed E-state index contributed by atoms with van der Waals surface area (Å²) in [6, 6.07) is 4.26. The Balaban J connectivity index is 1.37. The van der Waals surface area contributed by atoms with E-state index in [0.717, 1.165) is 25.4 Å². The van der Waals surface area contributed by atoms with Crippen LogP contribution in [-0.4, -0.2) is 66.3 Å². The van der Waals surface area contributed by atoms with Gasteiger partial charge < -0.3 is 9.64 Å². The second kappa shape index (κ2) is 8.22. The van der Waals surface area contributed by atoms with Gasteiger partial charge in [0.1, 0.15) is 0 Å². The zero-order chi connectivity index (χ0) is 16.1. The molecule has 0 spiro atoms. The molecule has 4 nitrogen and oxygen atoms in total. The second-order valence-corrected chi connectivity index (χ2v) is 7.37. The average Bonchev–Trinajstić information content (AvgIpc) is 2.54. The topological polar surface area (TPSA) is 28.6 Å². The van der Waals surface area contributed by atoms with Crippen LogP contribution in [0.3, 0.4) is 0 Å². The van der Waals surface area contributed by atoms with Crippen molar-refractivity contribution in [3.63, 3.8) is 0 Å². The summed E-state index contributed by atoms with van der Waals surface area (Å²) in [5, 5.41) is 0. The van der Waals surface area contributed by atoms with Gasteiger partial charge in [0, 0.05) is 38.6 Å². The number of rotatable bonds is 5. The van der Waals surface area contributed by atoms with E-state index in [0.29, 0.717) is 12.2 Å². The summed E-state index contributed by atoms with van der Waals surface area (Å²) >= 11 is 0. The predicted octanol–water partition coefficient (Wildman–Crippen LogP) is 2.45. The number of aromatic nitrogens is 1. The maximum Gasteiger partial charge on any atom is 0.0678 e. The molecule has 0 saturated carbocycles. The molecule has 2 atom stereocenters. The van der Waals surface area contributed by atoms with Gasteiger partial charge in [0.25, 0.3) is 0 Å². The first kappa shape index (κ1) is 16.9. The lowest BCUT2D eigenvalue weighted by Crippen LogP contribution is -2.48. The van der Waals surface area contributed by atoms with Crippen LogP contribution >= 0.6 is 0 Å². The van der Waals surface area contributed by atoms with Crippen LogP contribution in [0, 0.1) is 5.92 Å². The molecule has 128 valence electrons. The molecular weight excluding hydrogens is 286 g/mol. The van der Waals surface area contributed by atoms with Crippen molar-refractivity contribution in [3.05, 3.63) is 30.1 Å². The van der Waals surface area contributed by atoms with Gasteiger partial charge in [-0.05, 0) is 69.8 Å². The van der Waals surface area contributed by atoms with Crippen LogP contribution in [0.1, 0.15) is 32.3 Å². The largest absolute Gasteiger partial charge is 0.373 e. The van der Waals surface area contributed by atoms with E-state index in [4.69, 9.17) is 4.74 Å². The van der Waals surface area contributed by atoms with Gasteiger partial charge in [-0.25, -0.2) is 0 Å². The number of likely N-dealkylation sites (tertiary alicyclic amines) is 1. The van der Waals surface area contributed by atoms with Gasteiger partial charge in [-0.3, -0.25) is 9.88 Å². The standard InChI is InChI=1S/C19H31N3O/c1-16-13-22(14-17(2)23-16)15-19-6-11-21(12-7-19)10-5-18-3-8-20-9-4-18/h3-4,8-9,16-17,19H,5-7,10-15H2,1-2H3/t16-,17+. The molecule has 0 radical (unpaired) electrons. The van der Waals surface area contributed by atoms with Crippen molar-refractivity contribution < 1.29 is 4.74 Å². The molecule has 0 bridgehead atoms. The lowest BCUT2D eigenvalue weighted by molar-refractivity contribution is -0.0731. The summed E-state index contributed by atoms with van der Waals surface area (Å²) < 4.78 is 5.84. The third-order valence-corrected chi connectivity index (χ3v) is 5.18. The van der Waals surface area contributed by atoms with Gasteiger partial charge >= 0.3 is 0 Å². The van der Waals surface area contributed by atoms with E-state index >= 15 is 0 Å². The van der Waals surface area contributed by atoms with Crippen LogP contribution in [0.5, 0.6) is 0 Å². The van der Waals surface area contributed by atoms with Crippen LogP contribution < -0.4 is 0 Å². The molecule has 3 rings (SSSR count). The van der Waals surface area contributed by atoms with Gasteiger partial charge in [0.05, 0.1) is 12.2 Å². The fraction of sp³-hybridized carbons (Fsp3) is 0.737. The third kappa shape index (κ3) is 5.27. The quantitative estimate of drug-likeness (QED) is 0.834. The Morgan fingerprint density at radius 1 is 1.04 bits per heavy atom. The molecule has 1 aromatic rings. The molecule has 0 unspecified atom stereocenters. The fourth-order valence-electron chi connectivity index (χ4n) is 4.03. The van der Waals surface area contributed by atoms with Gasteiger partial charge in [-0.15, -0.1) is 0 Å². The number of hydrogen-bond donors (Lipinski definition) is 0. The number of ether oxygens (including phenoxy) is 1. The van der Waals surface area contributed by atoms with Gasteiger partial charge in [0.15, 0.2) is 0 Å². The number of nitrogens with zero attached hydrogens (tertiary/aromatic N) is 3. The van der Waals surface area contributed by atoms with Crippen molar-refractivity contribution in [3.8, 4) is 0 Å². The number of piperidine rings is 1. The van der Waals surface area contributed by atoms with E-state index < -0.39 is 0 Å². The van der Waals surface area contributed by atoms with Crippen molar-refractivity contribution in [1.82, 2.24) is 14.8 Å². The zero-order valence-electron chi connectivity index (χ0n) is 14.7. The van der Waals surface area contributed by atoms with Crippen LogP contribution in [-0.2, 0) is 11.2 Å². The van der Waals surface area contributed by atoms with E-state index in [2.05, 4.69) is 40.8 Å². The first-order valence-electron chi connectivity index (χ1n) is 9.18. The van der Waals surface area contributed by atoms with E-state index in [1.54, 1.807) is 0 Å². The molecule has 0 amide bonds. The van der Waals surface area contributed by atoms with E-state index in [9.17, 15) is 0 Å². The molecule has 2 saturated heterocycles. The highest BCUT2D eigenvalue weighted by Gasteiger charge is 2.26. The van der Waals surface area contributed by atoms with Crippen molar-refractivity contribution in [2.75, 3.05) is 39.3 Å². The molecule has 1 aromatic heterocycles. The zero-order valence-corrected chi connectivity index (χ0v) is 14.7. The minimum Gasteiger partial charge on any atom is -0.373 e. The third-order valence-electron chi connectivity index (χ3n) is 5.18. The maximum absolute atomic E-state index is 5.84. The summed E-state index contributed by atoms with van der Waals surface area (Å²) in [5.41, 5.74) is 1.40. The van der Waals surface area contributed by atoms with Gasteiger partial charge in [-0.2, -0.15) is 0 Å². The Bertz CT molecular complexity index is 449. The Morgan fingerprint density at radius 2 is 1.70 bits per heavy atom. The smallest absolute Gasteiger partial charge is 0.0678 e. The van der Waals surface area contributed by atoms with Crippen molar-refractivity contribution >= 4 is 0 Å². The Labute approximate surface area is 140 Å². The summed E-state index contributed by atoms with van der Waals surface area (Å²) in [4.78, 5) is 9.34. The molecule has 3 heterocycles. The molecular formula is C19H31N3O. The highest BCUT2D eigenvalue weighted by Crippen LogP contribution is 2.21. The average molecular weight is 317 g/mol. The number of pyridine rings is 1. The summed E-state index contributed by atoms with van der Waals surface area (Å²) in [6.45, 7) is 11.6.